The summed E-state index contributed by atoms with van der Waals surface area (Å²) in [6, 6.07) is 0. The number of likely N-dealkylation sites (tertiary alicyclic amines) is 1. The number of hydrogen-bond acceptors (Lipinski definition) is 3. The smallest absolute Gasteiger partial charge is 0.00418 e. The maximum absolute atomic E-state index is 5.75. The van der Waals surface area contributed by atoms with Gasteiger partial charge in [-0.05, 0) is 44.9 Å². The first-order chi connectivity index (χ1) is 6.93. The van der Waals surface area contributed by atoms with Crippen molar-refractivity contribution in [2.75, 3.05) is 46.8 Å². The summed E-state index contributed by atoms with van der Waals surface area (Å²) in [4.78, 5) is 4.86. The fourth-order valence-corrected chi connectivity index (χ4v) is 2.48. The van der Waals surface area contributed by atoms with Gasteiger partial charge in [0.15, 0.2) is 0 Å². The third kappa shape index (κ3) is 4.49. The van der Waals surface area contributed by atoms with Crippen molar-refractivity contribution in [1.29, 1.82) is 0 Å². The van der Waals surface area contributed by atoms with Crippen LogP contribution in [0.2, 0.25) is 0 Å². The van der Waals surface area contributed by atoms with Gasteiger partial charge in [-0.15, -0.1) is 0 Å². The molecule has 1 aliphatic rings. The molecular weight excluding hydrogens is 186 g/mol. The highest BCUT2D eigenvalue weighted by Gasteiger charge is 2.23. The van der Waals surface area contributed by atoms with E-state index in [2.05, 4.69) is 37.7 Å². The Morgan fingerprint density at radius 2 is 2.13 bits per heavy atom. The quantitative estimate of drug-likeness (QED) is 0.735. The molecule has 0 spiro atoms. The van der Waals surface area contributed by atoms with E-state index in [4.69, 9.17) is 5.73 Å². The van der Waals surface area contributed by atoms with Gasteiger partial charge >= 0.3 is 0 Å². The van der Waals surface area contributed by atoms with Crippen molar-refractivity contribution >= 4 is 0 Å². The van der Waals surface area contributed by atoms with Crippen molar-refractivity contribution in [1.82, 2.24) is 9.80 Å². The second-order valence-electron chi connectivity index (χ2n) is 5.98. The molecule has 1 atom stereocenters. The fourth-order valence-electron chi connectivity index (χ4n) is 2.48. The van der Waals surface area contributed by atoms with Gasteiger partial charge in [-0.3, -0.25) is 0 Å². The summed E-state index contributed by atoms with van der Waals surface area (Å²) in [6.45, 7) is 10.1. The first-order valence-corrected chi connectivity index (χ1v) is 6.00. The molecule has 0 saturated carbocycles. The van der Waals surface area contributed by atoms with Gasteiger partial charge < -0.3 is 15.5 Å². The Morgan fingerprint density at radius 3 is 2.60 bits per heavy atom. The zero-order chi connectivity index (χ0) is 11.5. The highest BCUT2D eigenvalue weighted by molar-refractivity contribution is 4.78. The third-order valence-electron chi connectivity index (χ3n) is 3.31. The van der Waals surface area contributed by atoms with Crippen LogP contribution in [0.4, 0.5) is 0 Å². The van der Waals surface area contributed by atoms with Crippen molar-refractivity contribution in [3.8, 4) is 0 Å². The number of hydrogen-bond donors (Lipinski definition) is 1. The summed E-state index contributed by atoms with van der Waals surface area (Å²) in [5, 5.41) is 0. The van der Waals surface area contributed by atoms with Crippen LogP contribution in [0.25, 0.3) is 0 Å². The van der Waals surface area contributed by atoms with Gasteiger partial charge in [0.2, 0.25) is 0 Å². The molecule has 1 aliphatic heterocycles. The van der Waals surface area contributed by atoms with Crippen LogP contribution in [-0.2, 0) is 0 Å². The van der Waals surface area contributed by atoms with E-state index < -0.39 is 0 Å². The predicted octanol–water partition coefficient (Wildman–Crippen LogP) is 0.855. The largest absolute Gasteiger partial charge is 0.330 e. The first-order valence-electron chi connectivity index (χ1n) is 6.00. The van der Waals surface area contributed by atoms with E-state index in [1.54, 1.807) is 0 Å². The molecule has 3 heteroatoms. The molecule has 0 bridgehead atoms. The Hall–Kier alpha value is -0.120. The maximum atomic E-state index is 5.75. The highest BCUT2D eigenvalue weighted by atomic mass is 15.2. The zero-order valence-electron chi connectivity index (χ0n) is 10.8. The normalized spacial score (nSPS) is 24.0. The minimum atomic E-state index is 0.249. The molecule has 2 N–H and O–H groups in total. The molecule has 90 valence electrons. The standard InChI is InChI=1S/C12H27N3/c1-12(2,9-13)10-15(4)8-11-5-6-14(3)7-11/h11H,5-10,13H2,1-4H3. The molecule has 1 heterocycles. The number of nitrogens with two attached hydrogens (primary N) is 1. The Labute approximate surface area is 94.6 Å². The molecule has 0 amide bonds. The summed E-state index contributed by atoms with van der Waals surface area (Å²) >= 11 is 0. The van der Waals surface area contributed by atoms with Crippen LogP contribution in [0.15, 0.2) is 0 Å². The van der Waals surface area contributed by atoms with Crippen LogP contribution < -0.4 is 5.73 Å². The SMILES string of the molecule is CN1CCC(CN(C)CC(C)(C)CN)C1. The minimum Gasteiger partial charge on any atom is -0.330 e. The van der Waals surface area contributed by atoms with Gasteiger partial charge in [-0.2, -0.15) is 0 Å². The molecular formula is C12H27N3. The van der Waals surface area contributed by atoms with Crippen molar-refractivity contribution in [3.05, 3.63) is 0 Å². The summed E-state index contributed by atoms with van der Waals surface area (Å²) in [6.07, 6.45) is 1.35. The van der Waals surface area contributed by atoms with Crippen molar-refractivity contribution in [3.63, 3.8) is 0 Å². The molecule has 0 aliphatic carbocycles. The fraction of sp³-hybridized carbons (Fsp3) is 1.00. The van der Waals surface area contributed by atoms with Crippen LogP contribution in [-0.4, -0.2) is 56.6 Å². The average molecular weight is 213 g/mol. The summed E-state index contributed by atoms with van der Waals surface area (Å²) in [5.41, 5.74) is 6.00. The predicted molar refractivity (Wildman–Crippen MR) is 65.9 cm³/mol. The molecule has 0 aromatic rings. The van der Waals surface area contributed by atoms with Crippen molar-refractivity contribution in [2.24, 2.45) is 17.1 Å². The number of nitrogens with zero attached hydrogens (tertiary/aromatic N) is 2. The lowest BCUT2D eigenvalue weighted by molar-refractivity contribution is 0.191. The highest BCUT2D eigenvalue weighted by Crippen LogP contribution is 2.18. The molecule has 0 aromatic heterocycles. The maximum Gasteiger partial charge on any atom is 0.00418 e. The van der Waals surface area contributed by atoms with Gasteiger partial charge in [0.1, 0.15) is 0 Å². The lowest BCUT2D eigenvalue weighted by Crippen LogP contribution is -2.39. The molecule has 15 heavy (non-hydrogen) atoms. The summed E-state index contributed by atoms with van der Waals surface area (Å²) in [5.74, 6) is 0.855. The summed E-state index contributed by atoms with van der Waals surface area (Å²) < 4.78 is 0. The van der Waals surface area contributed by atoms with Gasteiger partial charge in [-0.1, -0.05) is 13.8 Å². The Morgan fingerprint density at radius 1 is 1.47 bits per heavy atom. The Bertz CT molecular complexity index is 191. The van der Waals surface area contributed by atoms with E-state index in [1.165, 1.54) is 26.1 Å². The second kappa shape index (κ2) is 5.28. The second-order valence-corrected chi connectivity index (χ2v) is 5.98. The van der Waals surface area contributed by atoms with Crippen LogP contribution >= 0.6 is 0 Å². The lowest BCUT2D eigenvalue weighted by Gasteiger charge is -2.30. The molecule has 1 unspecified atom stereocenters. The van der Waals surface area contributed by atoms with Gasteiger partial charge in [0, 0.05) is 19.6 Å². The van der Waals surface area contributed by atoms with Crippen molar-refractivity contribution < 1.29 is 0 Å². The van der Waals surface area contributed by atoms with Crippen LogP contribution in [0.5, 0.6) is 0 Å². The first kappa shape index (κ1) is 12.9. The van der Waals surface area contributed by atoms with E-state index >= 15 is 0 Å². The van der Waals surface area contributed by atoms with Gasteiger partial charge in [-0.25, -0.2) is 0 Å². The Balaban J connectivity index is 2.27. The molecule has 1 rings (SSSR count). The Kier molecular flexibility index (Phi) is 4.56. The third-order valence-corrected chi connectivity index (χ3v) is 3.31. The van der Waals surface area contributed by atoms with E-state index in [0.29, 0.717) is 0 Å². The monoisotopic (exact) mass is 213 g/mol. The molecule has 1 saturated heterocycles. The average Bonchev–Trinajstić information content (AvgIpc) is 2.50. The minimum absolute atomic E-state index is 0.249. The van der Waals surface area contributed by atoms with E-state index in [1.807, 2.05) is 0 Å². The molecule has 1 fully saturated rings. The topological polar surface area (TPSA) is 32.5 Å². The zero-order valence-corrected chi connectivity index (χ0v) is 10.8. The van der Waals surface area contributed by atoms with Gasteiger partial charge in [0.05, 0.1) is 0 Å². The lowest BCUT2D eigenvalue weighted by atomic mass is 9.93. The van der Waals surface area contributed by atoms with Crippen LogP contribution in [0, 0.1) is 11.3 Å². The molecule has 3 nitrogen and oxygen atoms in total. The van der Waals surface area contributed by atoms with E-state index in [9.17, 15) is 0 Å². The van der Waals surface area contributed by atoms with E-state index in [-0.39, 0.29) is 5.41 Å². The van der Waals surface area contributed by atoms with Crippen molar-refractivity contribution in [2.45, 2.75) is 20.3 Å². The van der Waals surface area contributed by atoms with E-state index in [0.717, 1.165) is 19.0 Å². The number of rotatable bonds is 5. The summed E-state index contributed by atoms with van der Waals surface area (Å²) in [7, 11) is 4.43. The van der Waals surface area contributed by atoms with Crippen LogP contribution in [0.3, 0.4) is 0 Å². The van der Waals surface area contributed by atoms with Crippen LogP contribution in [0.1, 0.15) is 20.3 Å². The molecule has 0 aromatic carbocycles. The van der Waals surface area contributed by atoms with Gasteiger partial charge in [0.25, 0.3) is 0 Å². The molecule has 0 radical (unpaired) electrons.